The van der Waals surface area contributed by atoms with E-state index in [4.69, 9.17) is 5.11 Å². The predicted molar refractivity (Wildman–Crippen MR) is 90.1 cm³/mol. The highest BCUT2D eigenvalue weighted by molar-refractivity contribution is 7.44. The molecule has 0 saturated carbocycles. The number of hydrogen-bond donors (Lipinski definition) is 1. The molecular formula is C17H36O2P+. The smallest absolute Gasteiger partial charge is 0.341 e. The zero-order chi connectivity index (χ0) is 15.1. The van der Waals surface area contributed by atoms with Crippen LogP contribution in [0.5, 0.6) is 0 Å². The number of rotatable bonds is 15. The Morgan fingerprint density at radius 1 is 0.800 bits per heavy atom. The van der Waals surface area contributed by atoms with Crippen molar-refractivity contribution in [2.75, 3.05) is 12.3 Å². The van der Waals surface area contributed by atoms with Crippen molar-refractivity contribution in [1.82, 2.24) is 0 Å². The molecule has 0 aliphatic carbocycles. The molecule has 0 fully saturated rings. The molecule has 2 atom stereocenters. The fourth-order valence-electron chi connectivity index (χ4n) is 2.52. The van der Waals surface area contributed by atoms with Crippen LogP contribution in [0.3, 0.4) is 0 Å². The Hall–Kier alpha value is 0.0600. The number of unbranched alkanes of at least 4 members (excludes halogenated alkanes) is 11. The average Bonchev–Trinajstić information content (AvgIpc) is 2.39. The molecule has 0 aromatic rings. The first-order chi connectivity index (χ1) is 9.66. The van der Waals surface area contributed by atoms with Crippen LogP contribution in [0.4, 0.5) is 0 Å². The maximum Gasteiger partial charge on any atom is 0.341 e. The summed E-state index contributed by atoms with van der Waals surface area (Å²) in [5.74, 6) is 0. The average molecular weight is 303 g/mol. The van der Waals surface area contributed by atoms with Crippen LogP contribution in [0.15, 0.2) is 0 Å². The summed E-state index contributed by atoms with van der Waals surface area (Å²) >= 11 is 0. The molecule has 0 bridgehead atoms. The van der Waals surface area contributed by atoms with Gasteiger partial charge in [0.15, 0.2) is 6.16 Å². The Labute approximate surface area is 127 Å². The molecule has 20 heavy (non-hydrogen) atoms. The van der Waals surface area contributed by atoms with Gasteiger partial charge in [-0.15, -0.1) is 0 Å². The van der Waals surface area contributed by atoms with E-state index in [0.717, 1.165) is 12.6 Å². The van der Waals surface area contributed by atoms with Gasteiger partial charge in [0.1, 0.15) is 6.16 Å². The first-order valence-corrected chi connectivity index (χ1v) is 10.4. The van der Waals surface area contributed by atoms with E-state index in [1.807, 2.05) is 0 Å². The Morgan fingerprint density at radius 3 is 1.60 bits per heavy atom. The summed E-state index contributed by atoms with van der Waals surface area (Å²) in [6.45, 7) is 3.98. The fourth-order valence-corrected chi connectivity index (χ4v) is 3.86. The Morgan fingerprint density at radius 2 is 1.20 bits per heavy atom. The SMILES string of the molecule is CCCCCCCCCCCCCC[P+](=O)CC(C)O. The van der Waals surface area contributed by atoms with Crippen molar-refractivity contribution in [3.8, 4) is 0 Å². The van der Waals surface area contributed by atoms with E-state index >= 15 is 0 Å². The highest BCUT2D eigenvalue weighted by Gasteiger charge is 2.16. The highest BCUT2D eigenvalue weighted by Crippen LogP contribution is 2.24. The van der Waals surface area contributed by atoms with Crippen molar-refractivity contribution < 1.29 is 9.67 Å². The lowest BCUT2D eigenvalue weighted by atomic mass is 10.1. The van der Waals surface area contributed by atoms with Gasteiger partial charge >= 0.3 is 7.80 Å². The standard InChI is InChI=1S/C17H36O2P/c1-3-4-5-6-7-8-9-10-11-12-13-14-15-20(19)16-17(2)18/h17-18H,3-16H2,1-2H3/q+1. The summed E-state index contributed by atoms with van der Waals surface area (Å²) in [5.41, 5.74) is 0. The van der Waals surface area contributed by atoms with Crippen LogP contribution in [0, 0.1) is 0 Å². The van der Waals surface area contributed by atoms with Gasteiger partial charge in [-0.1, -0.05) is 75.7 Å². The number of aliphatic hydroxyl groups is 1. The molecule has 0 aromatic heterocycles. The van der Waals surface area contributed by atoms with Gasteiger partial charge < -0.3 is 5.11 Å². The minimum atomic E-state index is -1.16. The molecule has 0 radical (unpaired) electrons. The summed E-state index contributed by atoms with van der Waals surface area (Å²) < 4.78 is 11.5. The van der Waals surface area contributed by atoms with E-state index < -0.39 is 13.9 Å². The van der Waals surface area contributed by atoms with Crippen molar-refractivity contribution in [3.05, 3.63) is 0 Å². The fraction of sp³-hybridized carbons (Fsp3) is 1.00. The summed E-state index contributed by atoms with van der Waals surface area (Å²) in [6.07, 6.45) is 16.9. The molecule has 1 N–H and O–H groups in total. The van der Waals surface area contributed by atoms with Crippen LogP contribution >= 0.6 is 7.80 Å². The monoisotopic (exact) mass is 303 g/mol. The quantitative estimate of drug-likeness (QED) is 0.302. The van der Waals surface area contributed by atoms with Crippen LogP contribution in [-0.4, -0.2) is 23.5 Å². The normalized spacial score (nSPS) is 13.4. The van der Waals surface area contributed by atoms with Crippen molar-refractivity contribution in [2.24, 2.45) is 0 Å². The third-order valence-corrected chi connectivity index (χ3v) is 5.48. The first kappa shape index (κ1) is 20.1. The molecule has 3 heteroatoms. The third-order valence-electron chi connectivity index (χ3n) is 3.73. The zero-order valence-corrected chi connectivity index (χ0v) is 14.7. The van der Waals surface area contributed by atoms with Crippen molar-refractivity contribution in [1.29, 1.82) is 0 Å². The highest BCUT2D eigenvalue weighted by atomic mass is 31.1. The molecule has 0 aromatic carbocycles. The van der Waals surface area contributed by atoms with Crippen LogP contribution in [0.25, 0.3) is 0 Å². The van der Waals surface area contributed by atoms with Gasteiger partial charge in [-0.3, -0.25) is 0 Å². The van der Waals surface area contributed by atoms with Crippen molar-refractivity contribution >= 4 is 7.80 Å². The second-order valence-electron chi connectivity index (χ2n) is 6.13. The Kier molecular flexibility index (Phi) is 15.5. The second-order valence-corrected chi connectivity index (χ2v) is 7.90. The molecule has 2 nitrogen and oxygen atoms in total. The lowest BCUT2D eigenvalue weighted by Crippen LogP contribution is -2.03. The van der Waals surface area contributed by atoms with E-state index in [-0.39, 0.29) is 0 Å². The van der Waals surface area contributed by atoms with E-state index in [9.17, 15) is 4.57 Å². The van der Waals surface area contributed by atoms with Gasteiger partial charge in [0.05, 0.1) is 6.10 Å². The molecule has 120 valence electrons. The minimum absolute atomic E-state index is 0.407. The molecule has 0 saturated heterocycles. The molecule has 0 aliphatic rings. The van der Waals surface area contributed by atoms with Crippen LogP contribution in [-0.2, 0) is 4.57 Å². The van der Waals surface area contributed by atoms with E-state index in [0.29, 0.717) is 6.16 Å². The Bertz CT molecular complexity index is 217. The predicted octanol–water partition coefficient (Wildman–Crippen LogP) is 5.90. The number of hydrogen-bond acceptors (Lipinski definition) is 2. The molecule has 0 heterocycles. The van der Waals surface area contributed by atoms with Crippen LogP contribution in [0.1, 0.15) is 90.9 Å². The maximum absolute atomic E-state index is 11.5. The third kappa shape index (κ3) is 16.1. The zero-order valence-electron chi connectivity index (χ0n) is 13.8. The minimum Gasteiger partial charge on any atom is -0.389 e. The first-order valence-electron chi connectivity index (χ1n) is 8.77. The molecule has 0 amide bonds. The summed E-state index contributed by atoms with van der Waals surface area (Å²) in [5, 5.41) is 9.13. The maximum atomic E-state index is 11.5. The van der Waals surface area contributed by atoms with Gasteiger partial charge in [-0.25, -0.2) is 0 Å². The lowest BCUT2D eigenvalue weighted by Gasteiger charge is -2.01. The van der Waals surface area contributed by atoms with Crippen LogP contribution in [0.2, 0.25) is 0 Å². The molecule has 0 aliphatic heterocycles. The Balaban J connectivity index is 3.08. The van der Waals surface area contributed by atoms with Gasteiger partial charge in [-0.05, 0) is 19.8 Å². The number of aliphatic hydroxyl groups excluding tert-OH is 1. The largest absolute Gasteiger partial charge is 0.389 e. The molecule has 0 rings (SSSR count). The van der Waals surface area contributed by atoms with Gasteiger partial charge in [0.25, 0.3) is 0 Å². The topological polar surface area (TPSA) is 37.3 Å². The summed E-state index contributed by atoms with van der Waals surface area (Å²) in [6, 6.07) is 0. The summed E-state index contributed by atoms with van der Waals surface area (Å²) in [7, 11) is -1.16. The summed E-state index contributed by atoms with van der Waals surface area (Å²) in [4.78, 5) is 0. The molecule has 2 unspecified atom stereocenters. The lowest BCUT2D eigenvalue weighted by molar-refractivity contribution is 0.218. The van der Waals surface area contributed by atoms with E-state index in [2.05, 4.69) is 6.92 Å². The van der Waals surface area contributed by atoms with Gasteiger partial charge in [0.2, 0.25) is 0 Å². The van der Waals surface area contributed by atoms with Gasteiger partial charge in [0, 0.05) is 0 Å². The van der Waals surface area contributed by atoms with Gasteiger partial charge in [-0.2, -0.15) is 0 Å². The molecule has 0 spiro atoms. The molecular weight excluding hydrogens is 267 g/mol. The second kappa shape index (κ2) is 15.4. The van der Waals surface area contributed by atoms with Crippen molar-refractivity contribution in [2.45, 2.75) is 97.0 Å². The van der Waals surface area contributed by atoms with Crippen molar-refractivity contribution in [3.63, 3.8) is 0 Å². The van der Waals surface area contributed by atoms with Crippen LogP contribution < -0.4 is 0 Å². The van der Waals surface area contributed by atoms with E-state index in [1.54, 1.807) is 6.92 Å². The van der Waals surface area contributed by atoms with E-state index in [1.165, 1.54) is 70.6 Å².